The first-order valence-corrected chi connectivity index (χ1v) is 7.72. The van der Waals surface area contributed by atoms with Gasteiger partial charge in [0.25, 0.3) is 0 Å². The Labute approximate surface area is 108 Å². The van der Waals surface area contributed by atoms with Gasteiger partial charge in [-0.3, -0.25) is 4.79 Å². The van der Waals surface area contributed by atoms with E-state index in [-0.39, 0.29) is 5.92 Å². The van der Waals surface area contributed by atoms with E-state index >= 15 is 0 Å². The molecule has 1 aromatic carbocycles. The van der Waals surface area contributed by atoms with E-state index in [2.05, 4.69) is 18.4 Å². The molecule has 0 N–H and O–H groups in total. The standard InChI is InChI=1S/C15H20OS/c1-17-14-10-8-13(9-11-14)15(16)12-6-4-2-3-5-7-12/h8-12H,2-7H2,1H3. The van der Waals surface area contributed by atoms with Gasteiger partial charge in [0, 0.05) is 16.4 Å². The number of rotatable bonds is 3. The van der Waals surface area contributed by atoms with Gasteiger partial charge >= 0.3 is 0 Å². The molecule has 1 aliphatic rings. The lowest BCUT2D eigenvalue weighted by Crippen LogP contribution is -2.13. The van der Waals surface area contributed by atoms with Crippen molar-refractivity contribution in [1.29, 1.82) is 0 Å². The monoisotopic (exact) mass is 248 g/mol. The molecule has 0 unspecified atom stereocenters. The molecule has 1 nitrogen and oxygen atoms in total. The first-order chi connectivity index (χ1) is 8.31. The molecule has 2 rings (SSSR count). The van der Waals surface area contributed by atoms with E-state index in [1.165, 1.54) is 30.6 Å². The molecule has 0 aliphatic heterocycles. The van der Waals surface area contributed by atoms with Crippen molar-refractivity contribution in [2.24, 2.45) is 5.92 Å². The van der Waals surface area contributed by atoms with Crippen LogP contribution in [0.2, 0.25) is 0 Å². The van der Waals surface area contributed by atoms with Crippen molar-refractivity contribution in [3.05, 3.63) is 29.8 Å². The van der Waals surface area contributed by atoms with Crippen LogP contribution in [0.4, 0.5) is 0 Å². The second-order valence-electron chi connectivity index (χ2n) is 4.78. The molecular formula is C15H20OS. The Bertz CT molecular complexity index is 361. The Morgan fingerprint density at radius 3 is 2.18 bits per heavy atom. The molecule has 0 saturated heterocycles. The smallest absolute Gasteiger partial charge is 0.165 e. The van der Waals surface area contributed by atoms with E-state index in [0.717, 1.165) is 18.4 Å². The third-order valence-corrected chi connectivity index (χ3v) is 4.34. The minimum absolute atomic E-state index is 0.276. The van der Waals surface area contributed by atoms with Crippen LogP contribution in [-0.2, 0) is 0 Å². The Hall–Kier alpha value is -0.760. The van der Waals surface area contributed by atoms with Gasteiger partial charge in [-0.15, -0.1) is 11.8 Å². The van der Waals surface area contributed by atoms with Crippen molar-refractivity contribution in [2.75, 3.05) is 6.26 Å². The fraction of sp³-hybridized carbons (Fsp3) is 0.533. The van der Waals surface area contributed by atoms with Crippen LogP contribution in [0.3, 0.4) is 0 Å². The molecule has 0 atom stereocenters. The summed E-state index contributed by atoms with van der Waals surface area (Å²) in [7, 11) is 0. The number of hydrogen-bond donors (Lipinski definition) is 0. The van der Waals surface area contributed by atoms with Gasteiger partial charge in [-0.1, -0.05) is 37.8 Å². The maximum Gasteiger partial charge on any atom is 0.165 e. The van der Waals surface area contributed by atoms with Crippen molar-refractivity contribution in [1.82, 2.24) is 0 Å². The Kier molecular flexibility index (Phi) is 4.66. The van der Waals surface area contributed by atoms with Gasteiger partial charge in [0.15, 0.2) is 5.78 Å². The van der Waals surface area contributed by atoms with E-state index in [1.807, 2.05) is 12.1 Å². The molecule has 1 aromatic rings. The second kappa shape index (κ2) is 6.25. The maximum absolute atomic E-state index is 12.3. The average molecular weight is 248 g/mol. The number of hydrogen-bond acceptors (Lipinski definition) is 2. The molecule has 0 aromatic heterocycles. The van der Waals surface area contributed by atoms with E-state index in [1.54, 1.807) is 11.8 Å². The first-order valence-electron chi connectivity index (χ1n) is 6.49. The zero-order chi connectivity index (χ0) is 12.1. The van der Waals surface area contributed by atoms with Gasteiger partial charge in [-0.05, 0) is 31.2 Å². The summed E-state index contributed by atoms with van der Waals surface area (Å²) < 4.78 is 0. The van der Waals surface area contributed by atoms with Crippen molar-refractivity contribution < 1.29 is 4.79 Å². The Morgan fingerprint density at radius 1 is 1.06 bits per heavy atom. The van der Waals surface area contributed by atoms with Crippen molar-refractivity contribution in [3.8, 4) is 0 Å². The maximum atomic E-state index is 12.3. The fourth-order valence-electron chi connectivity index (χ4n) is 2.53. The summed E-state index contributed by atoms with van der Waals surface area (Å²) in [5, 5.41) is 0. The molecule has 1 saturated carbocycles. The lowest BCUT2D eigenvalue weighted by atomic mass is 9.91. The Morgan fingerprint density at radius 2 is 1.65 bits per heavy atom. The van der Waals surface area contributed by atoms with Crippen LogP contribution >= 0.6 is 11.8 Å². The predicted molar refractivity (Wildman–Crippen MR) is 73.7 cm³/mol. The number of thioether (sulfide) groups is 1. The predicted octanol–water partition coefficient (Wildman–Crippen LogP) is 4.56. The summed E-state index contributed by atoms with van der Waals surface area (Å²) in [6, 6.07) is 8.07. The highest BCUT2D eigenvalue weighted by Gasteiger charge is 2.21. The van der Waals surface area contributed by atoms with Crippen LogP contribution in [0.25, 0.3) is 0 Å². The molecule has 2 heteroatoms. The normalized spacial score (nSPS) is 17.7. The average Bonchev–Trinajstić information content (AvgIpc) is 2.67. The first kappa shape index (κ1) is 12.7. The van der Waals surface area contributed by atoms with Gasteiger partial charge in [-0.2, -0.15) is 0 Å². The van der Waals surface area contributed by atoms with Gasteiger partial charge in [-0.25, -0.2) is 0 Å². The van der Waals surface area contributed by atoms with Gasteiger partial charge < -0.3 is 0 Å². The number of Topliss-reactive ketones (excluding diaryl/α,β-unsaturated/α-hetero) is 1. The number of ketones is 1. The molecule has 0 spiro atoms. The molecule has 0 heterocycles. The Balaban J connectivity index is 2.06. The van der Waals surface area contributed by atoms with E-state index in [0.29, 0.717) is 5.78 Å². The summed E-state index contributed by atoms with van der Waals surface area (Å²) in [4.78, 5) is 13.6. The zero-order valence-corrected chi connectivity index (χ0v) is 11.3. The number of carbonyl (C=O) groups excluding carboxylic acids is 1. The van der Waals surface area contributed by atoms with E-state index in [9.17, 15) is 4.79 Å². The summed E-state index contributed by atoms with van der Waals surface area (Å²) >= 11 is 1.72. The minimum atomic E-state index is 0.276. The molecule has 0 radical (unpaired) electrons. The molecule has 1 fully saturated rings. The summed E-state index contributed by atoms with van der Waals surface area (Å²) in [6.45, 7) is 0. The van der Waals surface area contributed by atoms with Gasteiger partial charge in [0.2, 0.25) is 0 Å². The highest BCUT2D eigenvalue weighted by Crippen LogP contribution is 2.26. The van der Waals surface area contributed by atoms with Crippen molar-refractivity contribution in [2.45, 2.75) is 43.4 Å². The minimum Gasteiger partial charge on any atom is -0.294 e. The zero-order valence-electron chi connectivity index (χ0n) is 10.4. The van der Waals surface area contributed by atoms with Gasteiger partial charge in [0.1, 0.15) is 0 Å². The SMILES string of the molecule is CSc1ccc(C(=O)C2CCCCCC2)cc1. The summed E-state index contributed by atoms with van der Waals surface area (Å²) in [6.07, 6.45) is 9.28. The molecule has 0 amide bonds. The van der Waals surface area contributed by atoms with Crippen LogP contribution in [0.5, 0.6) is 0 Å². The second-order valence-corrected chi connectivity index (χ2v) is 5.66. The molecule has 0 bridgehead atoms. The quantitative estimate of drug-likeness (QED) is 0.443. The van der Waals surface area contributed by atoms with Gasteiger partial charge in [0.05, 0.1) is 0 Å². The number of benzene rings is 1. The van der Waals surface area contributed by atoms with E-state index < -0.39 is 0 Å². The topological polar surface area (TPSA) is 17.1 Å². The summed E-state index contributed by atoms with van der Waals surface area (Å²) in [5.74, 6) is 0.636. The fourth-order valence-corrected chi connectivity index (χ4v) is 2.94. The lowest BCUT2D eigenvalue weighted by molar-refractivity contribution is 0.0908. The van der Waals surface area contributed by atoms with Crippen molar-refractivity contribution >= 4 is 17.5 Å². The van der Waals surface area contributed by atoms with Crippen LogP contribution < -0.4 is 0 Å². The highest BCUT2D eigenvalue weighted by molar-refractivity contribution is 7.98. The van der Waals surface area contributed by atoms with Crippen LogP contribution in [0.1, 0.15) is 48.9 Å². The molecular weight excluding hydrogens is 228 g/mol. The summed E-state index contributed by atoms with van der Waals surface area (Å²) in [5.41, 5.74) is 0.898. The molecule has 92 valence electrons. The van der Waals surface area contributed by atoms with Crippen molar-refractivity contribution in [3.63, 3.8) is 0 Å². The lowest BCUT2D eigenvalue weighted by Gasteiger charge is -2.12. The van der Waals surface area contributed by atoms with E-state index in [4.69, 9.17) is 0 Å². The third-order valence-electron chi connectivity index (χ3n) is 3.60. The van der Waals surface area contributed by atoms with Crippen LogP contribution in [0.15, 0.2) is 29.2 Å². The van der Waals surface area contributed by atoms with Crippen LogP contribution in [0, 0.1) is 5.92 Å². The highest BCUT2D eigenvalue weighted by atomic mass is 32.2. The largest absolute Gasteiger partial charge is 0.294 e. The molecule has 17 heavy (non-hydrogen) atoms. The third kappa shape index (κ3) is 3.35. The number of carbonyl (C=O) groups is 1. The van der Waals surface area contributed by atoms with Crippen LogP contribution in [-0.4, -0.2) is 12.0 Å². The molecule has 1 aliphatic carbocycles.